The van der Waals surface area contributed by atoms with Gasteiger partial charge in [0.1, 0.15) is 4.88 Å². The molecule has 0 unspecified atom stereocenters. The number of nitrogens with zero attached hydrogens (tertiary/aromatic N) is 4. The summed E-state index contributed by atoms with van der Waals surface area (Å²) in [5.74, 6) is 1.88. The van der Waals surface area contributed by atoms with Gasteiger partial charge in [0.25, 0.3) is 5.89 Å². The number of aromatic nitrogens is 4. The van der Waals surface area contributed by atoms with Gasteiger partial charge in [-0.05, 0) is 63.9 Å². The Hall–Kier alpha value is -2.16. The zero-order chi connectivity index (χ0) is 19.1. The molecule has 0 amide bonds. The lowest BCUT2D eigenvalue weighted by molar-refractivity contribution is 0.372. The third kappa shape index (κ3) is 3.47. The zero-order valence-electron chi connectivity index (χ0n) is 15.9. The number of hydrogen-bond donors (Lipinski definition) is 1. The molecule has 6 nitrogen and oxygen atoms in total. The second kappa shape index (κ2) is 7.35. The molecule has 0 bridgehead atoms. The van der Waals surface area contributed by atoms with Crippen molar-refractivity contribution in [2.45, 2.75) is 33.1 Å². The second-order valence-corrected chi connectivity index (χ2v) is 9.58. The van der Waals surface area contributed by atoms with Gasteiger partial charge in [0.2, 0.25) is 5.82 Å². The van der Waals surface area contributed by atoms with Crippen molar-refractivity contribution in [3.63, 3.8) is 0 Å². The first-order chi connectivity index (χ1) is 13.7. The quantitative estimate of drug-likeness (QED) is 0.528. The van der Waals surface area contributed by atoms with Gasteiger partial charge >= 0.3 is 0 Å². The maximum atomic E-state index is 5.59. The zero-order valence-corrected chi connectivity index (χ0v) is 17.5. The second-order valence-electron chi connectivity index (χ2n) is 7.26. The standard InChI is InChI=1S/C20H21N5OS2/c1-11-18(28-17(22-11)9-13-5-7-21-8-6-13)20-24-19(25-26-20)14-3-4-15-16(10-14)27-12(2)23-15/h3-4,10,13,21H,5-9H2,1-2H3. The summed E-state index contributed by atoms with van der Waals surface area (Å²) in [6.45, 7) is 6.26. The van der Waals surface area contributed by atoms with E-state index in [1.165, 1.54) is 17.8 Å². The largest absolute Gasteiger partial charge is 0.333 e. The van der Waals surface area contributed by atoms with E-state index in [2.05, 4.69) is 26.5 Å². The molecule has 0 atom stereocenters. The minimum Gasteiger partial charge on any atom is -0.333 e. The molecule has 28 heavy (non-hydrogen) atoms. The van der Waals surface area contributed by atoms with E-state index in [1.54, 1.807) is 22.7 Å². The first-order valence-corrected chi connectivity index (χ1v) is 11.2. The summed E-state index contributed by atoms with van der Waals surface area (Å²) < 4.78 is 6.73. The molecule has 0 saturated carbocycles. The summed E-state index contributed by atoms with van der Waals surface area (Å²) in [4.78, 5) is 14.9. The number of hydrogen-bond acceptors (Lipinski definition) is 8. The van der Waals surface area contributed by atoms with Crippen molar-refractivity contribution in [3.8, 4) is 22.2 Å². The molecular weight excluding hydrogens is 390 g/mol. The van der Waals surface area contributed by atoms with Gasteiger partial charge in [0.05, 0.1) is 25.9 Å². The number of fused-ring (bicyclic) bond motifs is 1. The van der Waals surface area contributed by atoms with Crippen LogP contribution < -0.4 is 5.32 Å². The molecule has 0 spiro atoms. The minimum atomic E-state index is 0.558. The molecular formula is C20H21N5OS2. The van der Waals surface area contributed by atoms with E-state index >= 15 is 0 Å². The topological polar surface area (TPSA) is 76.7 Å². The van der Waals surface area contributed by atoms with Crippen molar-refractivity contribution < 1.29 is 4.52 Å². The fraction of sp³-hybridized carbons (Fsp3) is 0.400. The predicted molar refractivity (Wildman–Crippen MR) is 113 cm³/mol. The number of benzene rings is 1. The fourth-order valence-electron chi connectivity index (χ4n) is 3.68. The molecule has 144 valence electrons. The van der Waals surface area contributed by atoms with E-state index < -0.39 is 0 Å². The summed E-state index contributed by atoms with van der Waals surface area (Å²) in [7, 11) is 0. The van der Waals surface area contributed by atoms with Gasteiger partial charge in [-0.3, -0.25) is 0 Å². The van der Waals surface area contributed by atoms with Crippen molar-refractivity contribution >= 4 is 32.9 Å². The molecule has 4 aromatic rings. The molecule has 1 fully saturated rings. The number of thiazole rings is 2. The molecule has 1 N–H and O–H groups in total. The van der Waals surface area contributed by atoms with Crippen LogP contribution in [0.3, 0.4) is 0 Å². The maximum Gasteiger partial charge on any atom is 0.270 e. The van der Waals surface area contributed by atoms with E-state index in [0.717, 1.165) is 50.9 Å². The molecule has 4 heterocycles. The molecule has 3 aromatic heterocycles. The van der Waals surface area contributed by atoms with Gasteiger partial charge in [-0.25, -0.2) is 9.97 Å². The minimum absolute atomic E-state index is 0.558. The molecule has 5 rings (SSSR count). The summed E-state index contributed by atoms with van der Waals surface area (Å²) >= 11 is 3.36. The van der Waals surface area contributed by atoms with Gasteiger partial charge in [-0.15, -0.1) is 22.7 Å². The van der Waals surface area contributed by atoms with Crippen LogP contribution in [-0.4, -0.2) is 33.2 Å². The lowest BCUT2D eigenvalue weighted by Crippen LogP contribution is -2.28. The van der Waals surface area contributed by atoms with Crippen molar-refractivity contribution in [3.05, 3.63) is 33.9 Å². The number of rotatable bonds is 4. The number of nitrogens with one attached hydrogen (secondary N) is 1. The van der Waals surface area contributed by atoms with Crippen LogP contribution in [-0.2, 0) is 6.42 Å². The monoisotopic (exact) mass is 411 g/mol. The molecule has 0 radical (unpaired) electrons. The van der Waals surface area contributed by atoms with E-state index in [4.69, 9.17) is 9.51 Å². The highest BCUT2D eigenvalue weighted by Crippen LogP contribution is 2.33. The van der Waals surface area contributed by atoms with Crippen LogP contribution in [0.4, 0.5) is 0 Å². The summed E-state index contributed by atoms with van der Waals surface area (Å²) in [5.41, 5.74) is 2.93. The van der Waals surface area contributed by atoms with Crippen molar-refractivity contribution in [1.29, 1.82) is 0 Å². The first-order valence-electron chi connectivity index (χ1n) is 9.54. The first kappa shape index (κ1) is 17.9. The Bertz CT molecular complexity index is 1120. The van der Waals surface area contributed by atoms with E-state index in [9.17, 15) is 0 Å². The Labute approximate surface area is 171 Å². The van der Waals surface area contributed by atoms with Crippen LogP contribution in [0, 0.1) is 19.8 Å². The van der Waals surface area contributed by atoms with Crippen LogP contribution in [0.25, 0.3) is 32.4 Å². The Balaban J connectivity index is 1.40. The molecule has 0 aliphatic carbocycles. The van der Waals surface area contributed by atoms with Gasteiger partial charge in [0.15, 0.2) is 0 Å². The fourth-order valence-corrected chi connectivity index (χ4v) is 5.65. The van der Waals surface area contributed by atoms with Crippen molar-refractivity contribution in [2.24, 2.45) is 5.92 Å². The van der Waals surface area contributed by atoms with Crippen LogP contribution >= 0.6 is 22.7 Å². The summed E-state index contributed by atoms with van der Waals surface area (Å²) in [5, 5.41) is 9.86. The lowest BCUT2D eigenvalue weighted by atomic mass is 9.95. The molecule has 1 saturated heterocycles. The molecule has 1 aromatic carbocycles. The third-order valence-electron chi connectivity index (χ3n) is 5.14. The molecule has 1 aliphatic rings. The van der Waals surface area contributed by atoms with Crippen LogP contribution in [0.5, 0.6) is 0 Å². The molecule has 1 aliphatic heterocycles. The SMILES string of the molecule is Cc1nc2ccc(-c3noc(-c4sc(CC5CCNCC5)nc4C)n3)cc2s1. The van der Waals surface area contributed by atoms with Crippen LogP contribution in [0.15, 0.2) is 22.7 Å². The van der Waals surface area contributed by atoms with Crippen molar-refractivity contribution in [1.82, 2.24) is 25.4 Å². The van der Waals surface area contributed by atoms with E-state index in [-0.39, 0.29) is 0 Å². The third-order valence-corrected chi connectivity index (χ3v) is 7.24. The average Bonchev–Trinajstić information content (AvgIpc) is 3.39. The Morgan fingerprint density at radius 2 is 1.96 bits per heavy atom. The van der Waals surface area contributed by atoms with E-state index in [1.807, 2.05) is 26.0 Å². The smallest absolute Gasteiger partial charge is 0.270 e. The number of piperidine rings is 1. The summed E-state index contributed by atoms with van der Waals surface area (Å²) in [6, 6.07) is 6.09. The van der Waals surface area contributed by atoms with Crippen molar-refractivity contribution in [2.75, 3.05) is 13.1 Å². The number of aryl methyl sites for hydroxylation is 2. The van der Waals surface area contributed by atoms with E-state index in [0.29, 0.717) is 17.6 Å². The Morgan fingerprint density at radius 1 is 1.11 bits per heavy atom. The Morgan fingerprint density at radius 3 is 2.82 bits per heavy atom. The van der Waals surface area contributed by atoms with Gasteiger partial charge in [-0.1, -0.05) is 5.16 Å². The highest BCUT2D eigenvalue weighted by molar-refractivity contribution is 7.18. The maximum absolute atomic E-state index is 5.59. The van der Waals surface area contributed by atoms with Gasteiger partial charge in [0, 0.05) is 12.0 Å². The predicted octanol–water partition coefficient (Wildman–Crippen LogP) is 4.63. The highest BCUT2D eigenvalue weighted by atomic mass is 32.1. The normalized spacial score (nSPS) is 15.5. The van der Waals surface area contributed by atoms with Gasteiger partial charge in [-0.2, -0.15) is 4.98 Å². The van der Waals surface area contributed by atoms with Crippen LogP contribution in [0.1, 0.15) is 28.6 Å². The molecule has 8 heteroatoms. The summed E-state index contributed by atoms with van der Waals surface area (Å²) in [6.07, 6.45) is 3.48. The lowest BCUT2D eigenvalue weighted by Gasteiger charge is -2.21. The highest BCUT2D eigenvalue weighted by Gasteiger charge is 2.20. The average molecular weight is 412 g/mol. The Kier molecular flexibility index (Phi) is 4.70. The van der Waals surface area contributed by atoms with Crippen LogP contribution in [0.2, 0.25) is 0 Å². The van der Waals surface area contributed by atoms with Gasteiger partial charge < -0.3 is 9.84 Å².